The van der Waals surface area contributed by atoms with E-state index in [9.17, 15) is 19.5 Å². The van der Waals surface area contributed by atoms with E-state index < -0.39 is 30.0 Å². The highest BCUT2D eigenvalue weighted by atomic mass is 16.5. The number of aliphatic hydroxyl groups excluding tert-OH is 1. The van der Waals surface area contributed by atoms with E-state index in [4.69, 9.17) is 5.11 Å². The van der Waals surface area contributed by atoms with Crippen molar-refractivity contribution < 1.29 is 29.3 Å². The van der Waals surface area contributed by atoms with Gasteiger partial charge < -0.3 is 20.3 Å². The van der Waals surface area contributed by atoms with Crippen molar-refractivity contribution >= 4 is 17.8 Å². The topological polar surface area (TPSA) is 113 Å². The molecule has 1 rings (SSSR count). The van der Waals surface area contributed by atoms with Crippen LogP contribution in [0.25, 0.3) is 0 Å². The molecule has 23 heavy (non-hydrogen) atoms. The fraction of sp³-hybridized carbons (Fsp3) is 0.312. The molecule has 0 aliphatic heterocycles. The van der Waals surface area contributed by atoms with Crippen LogP contribution in [-0.4, -0.2) is 40.7 Å². The van der Waals surface area contributed by atoms with Crippen LogP contribution in [0.15, 0.2) is 42.5 Å². The number of rotatable bonds is 8. The average Bonchev–Trinajstić information content (AvgIpc) is 2.54. The van der Waals surface area contributed by atoms with Gasteiger partial charge in [0.2, 0.25) is 0 Å². The summed E-state index contributed by atoms with van der Waals surface area (Å²) in [6.45, 7) is 1.86. The summed E-state index contributed by atoms with van der Waals surface area (Å²) < 4.78 is 4.66. The van der Waals surface area contributed by atoms with Crippen LogP contribution in [0.5, 0.6) is 0 Å². The Labute approximate surface area is 133 Å². The number of carboxylic acid groups (broad SMARTS) is 1. The van der Waals surface area contributed by atoms with Crippen molar-refractivity contribution in [2.24, 2.45) is 0 Å². The van der Waals surface area contributed by atoms with Gasteiger partial charge in [-0.3, -0.25) is 4.79 Å². The van der Waals surface area contributed by atoms with Crippen molar-refractivity contribution in [3.8, 4) is 0 Å². The predicted octanol–water partition coefficient (Wildman–Crippen LogP) is 0.799. The molecule has 3 N–H and O–H groups in total. The first-order valence-corrected chi connectivity index (χ1v) is 7.05. The SMILES string of the molecule is CCOC(=O)/C=C/C[C@H](NC(=O)[C@@H](O)c1ccccc1)C(=O)O. The fourth-order valence-corrected chi connectivity index (χ4v) is 1.75. The van der Waals surface area contributed by atoms with Gasteiger partial charge in [-0.1, -0.05) is 36.4 Å². The third kappa shape index (κ3) is 6.31. The second-order valence-corrected chi connectivity index (χ2v) is 4.60. The van der Waals surface area contributed by atoms with Crippen molar-refractivity contribution in [1.82, 2.24) is 5.32 Å². The second kappa shape index (κ2) is 9.37. The van der Waals surface area contributed by atoms with Gasteiger partial charge in [0.05, 0.1) is 6.61 Å². The van der Waals surface area contributed by atoms with Crippen LogP contribution in [-0.2, 0) is 19.1 Å². The van der Waals surface area contributed by atoms with Crippen LogP contribution in [0.3, 0.4) is 0 Å². The Morgan fingerprint density at radius 2 is 1.91 bits per heavy atom. The van der Waals surface area contributed by atoms with E-state index in [1.807, 2.05) is 0 Å². The summed E-state index contributed by atoms with van der Waals surface area (Å²) in [7, 11) is 0. The number of carbonyl (C=O) groups is 3. The minimum atomic E-state index is -1.47. The quantitative estimate of drug-likeness (QED) is 0.482. The molecule has 7 nitrogen and oxygen atoms in total. The molecule has 1 aromatic carbocycles. The number of hydrogen-bond acceptors (Lipinski definition) is 5. The maximum Gasteiger partial charge on any atom is 0.330 e. The summed E-state index contributed by atoms with van der Waals surface area (Å²) in [5, 5.41) is 21.2. The van der Waals surface area contributed by atoms with Crippen molar-refractivity contribution in [3.63, 3.8) is 0 Å². The van der Waals surface area contributed by atoms with Gasteiger partial charge in [-0.25, -0.2) is 9.59 Å². The van der Waals surface area contributed by atoms with Crippen LogP contribution >= 0.6 is 0 Å². The summed E-state index contributed by atoms with van der Waals surface area (Å²) in [6.07, 6.45) is 0.819. The summed E-state index contributed by atoms with van der Waals surface area (Å²) in [5.74, 6) is -2.69. The lowest BCUT2D eigenvalue weighted by molar-refractivity contribution is -0.143. The van der Waals surface area contributed by atoms with Gasteiger partial charge in [0.25, 0.3) is 5.91 Å². The molecule has 0 bridgehead atoms. The van der Waals surface area contributed by atoms with Crippen molar-refractivity contribution in [2.75, 3.05) is 6.61 Å². The molecule has 0 aliphatic rings. The molecule has 0 aliphatic carbocycles. The molecular formula is C16H19NO6. The van der Waals surface area contributed by atoms with Crippen LogP contribution in [0.2, 0.25) is 0 Å². The van der Waals surface area contributed by atoms with Gasteiger partial charge in [0, 0.05) is 6.08 Å². The van der Waals surface area contributed by atoms with Crippen molar-refractivity contribution in [1.29, 1.82) is 0 Å². The predicted molar refractivity (Wildman–Crippen MR) is 81.4 cm³/mol. The lowest BCUT2D eigenvalue weighted by Crippen LogP contribution is -2.42. The summed E-state index contributed by atoms with van der Waals surface area (Å²) in [6, 6.07) is 6.90. The number of amides is 1. The zero-order valence-corrected chi connectivity index (χ0v) is 12.6. The normalized spacial score (nSPS) is 13.3. The van der Waals surface area contributed by atoms with E-state index >= 15 is 0 Å². The Balaban J connectivity index is 2.63. The van der Waals surface area contributed by atoms with E-state index in [1.54, 1.807) is 37.3 Å². The standard InChI is InChI=1S/C16H19NO6/c1-2-23-13(18)10-6-9-12(16(21)22)17-15(20)14(19)11-7-4-3-5-8-11/h3-8,10,12,14,19H,2,9H2,1H3,(H,17,20)(H,21,22)/b10-6+/t12-,14-/m0/s1. The minimum absolute atomic E-state index is 0.110. The smallest absolute Gasteiger partial charge is 0.330 e. The van der Waals surface area contributed by atoms with Gasteiger partial charge in [0.1, 0.15) is 6.04 Å². The van der Waals surface area contributed by atoms with Gasteiger partial charge in [-0.15, -0.1) is 0 Å². The molecule has 124 valence electrons. The molecule has 0 radical (unpaired) electrons. The molecule has 2 atom stereocenters. The van der Waals surface area contributed by atoms with Crippen LogP contribution < -0.4 is 5.32 Å². The maximum absolute atomic E-state index is 11.9. The van der Waals surface area contributed by atoms with E-state index in [0.717, 1.165) is 6.08 Å². The lowest BCUT2D eigenvalue weighted by Gasteiger charge is -2.16. The molecule has 1 amide bonds. The van der Waals surface area contributed by atoms with E-state index in [-0.39, 0.29) is 13.0 Å². The number of carbonyl (C=O) groups excluding carboxylic acids is 2. The third-order valence-electron chi connectivity index (χ3n) is 2.89. The molecule has 0 spiro atoms. The molecule has 0 fully saturated rings. The zero-order valence-electron chi connectivity index (χ0n) is 12.6. The van der Waals surface area contributed by atoms with Crippen LogP contribution in [0.4, 0.5) is 0 Å². The number of nitrogens with one attached hydrogen (secondary N) is 1. The highest BCUT2D eigenvalue weighted by molar-refractivity contribution is 5.87. The first-order valence-electron chi connectivity index (χ1n) is 7.05. The first-order chi connectivity index (χ1) is 11.0. The molecule has 0 unspecified atom stereocenters. The lowest BCUT2D eigenvalue weighted by atomic mass is 10.1. The summed E-state index contributed by atoms with van der Waals surface area (Å²) in [4.78, 5) is 34.2. The molecule has 1 aromatic rings. The van der Waals surface area contributed by atoms with Crippen LogP contribution in [0, 0.1) is 0 Å². The number of esters is 1. The highest BCUT2D eigenvalue weighted by Gasteiger charge is 2.24. The number of ether oxygens (including phenoxy) is 1. The summed E-state index contributed by atoms with van der Waals surface area (Å²) in [5.41, 5.74) is 0.358. The number of carboxylic acids is 1. The molecule has 0 saturated heterocycles. The summed E-state index contributed by atoms with van der Waals surface area (Å²) >= 11 is 0. The average molecular weight is 321 g/mol. The second-order valence-electron chi connectivity index (χ2n) is 4.60. The van der Waals surface area contributed by atoms with Crippen molar-refractivity contribution in [3.05, 3.63) is 48.0 Å². The largest absolute Gasteiger partial charge is 0.480 e. The monoisotopic (exact) mass is 321 g/mol. The number of benzene rings is 1. The Morgan fingerprint density at radius 3 is 2.48 bits per heavy atom. The molecule has 0 aromatic heterocycles. The maximum atomic E-state index is 11.9. The zero-order chi connectivity index (χ0) is 17.2. The Morgan fingerprint density at radius 1 is 1.26 bits per heavy atom. The third-order valence-corrected chi connectivity index (χ3v) is 2.89. The highest BCUT2D eigenvalue weighted by Crippen LogP contribution is 2.12. The number of hydrogen-bond donors (Lipinski definition) is 3. The van der Waals surface area contributed by atoms with Crippen molar-refractivity contribution in [2.45, 2.75) is 25.5 Å². The number of aliphatic carboxylic acids is 1. The van der Waals surface area contributed by atoms with Gasteiger partial charge in [-0.2, -0.15) is 0 Å². The Hall–Kier alpha value is -2.67. The van der Waals surface area contributed by atoms with E-state index in [0.29, 0.717) is 5.56 Å². The van der Waals surface area contributed by atoms with E-state index in [1.165, 1.54) is 6.08 Å². The molecule has 0 heterocycles. The minimum Gasteiger partial charge on any atom is -0.480 e. The van der Waals surface area contributed by atoms with Gasteiger partial charge in [-0.05, 0) is 18.9 Å². The first kappa shape index (κ1) is 18.4. The Bertz CT molecular complexity index is 569. The van der Waals surface area contributed by atoms with Crippen LogP contribution in [0.1, 0.15) is 25.0 Å². The molecular weight excluding hydrogens is 302 g/mol. The van der Waals surface area contributed by atoms with Gasteiger partial charge in [0.15, 0.2) is 6.10 Å². The number of aliphatic hydroxyl groups is 1. The molecule has 7 heteroatoms. The van der Waals surface area contributed by atoms with E-state index in [2.05, 4.69) is 10.1 Å². The fourth-order valence-electron chi connectivity index (χ4n) is 1.75. The molecule has 0 saturated carbocycles. The van der Waals surface area contributed by atoms with Gasteiger partial charge >= 0.3 is 11.9 Å². The Kier molecular flexibility index (Phi) is 7.49.